The molecule has 23 nitrogen and oxygen atoms in total. The van der Waals surface area contributed by atoms with Crippen LogP contribution in [-0.4, -0.2) is 215 Å². The molecule has 0 aromatic heterocycles. The molecule has 0 aliphatic carbocycles. The lowest BCUT2D eigenvalue weighted by atomic mass is 9.88. The molecule has 0 saturated carbocycles. The molecule has 0 bridgehead atoms. The van der Waals surface area contributed by atoms with E-state index in [2.05, 4.69) is 24.5 Å². The van der Waals surface area contributed by atoms with E-state index in [-0.39, 0.29) is 18.9 Å². The Labute approximate surface area is 544 Å². The zero-order valence-corrected chi connectivity index (χ0v) is 56.0. The number of carbonyl (C=O) groups excluding carboxylic acids is 2. The van der Waals surface area contributed by atoms with Crippen LogP contribution in [0.4, 0.5) is 0 Å². The summed E-state index contributed by atoms with van der Waals surface area (Å²) >= 11 is 0. The average Bonchev–Trinajstić information content (AvgIpc) is 0.789. The number of ether oxygens (including phenoxy) is 6. The number of aliphatic hydroxyl groups excluding tert-OH is 11. The van der Waals surface area contributed by atoms with Gasteiger partial charge in [0, 0.05) is 19.8 Å². The third-order valence-corrected chi connectivity index (χ3v) is 18.6. The van der Waals surface area contributed by atoms with Crippen molar-refractivity contribution in [2.75, 3.05) is 26.4 Å². The molecular weight excluding hydrogens is 1180 g/mol. The average molecular weight is 1310 g/mol. The van der Waals surface area contributed by atoms with Crippen LogP contribution in [0.3, 0.4) is 0 Å². The van der Waals surface area contributed by atoms with Gasteiger partial charge in [0.2, 0.25) is 11.8 Å². The largest absolute Gasteiger partial charge is 0.477 e. The van der Waals surface area contributed by atoms with Crippen LogP contribution in [0.2, 0.25) is 0 Å². The third-order valence-electron chi connectivity index (χ3n) is 18.6. The van der Waals surface area contributed by atoms with E-state index >= 15 is 0 Å². The Kier molecular flexibility index (Phi) is 44.9. The monoisotopic (exact) mass is 1310 g/mol. The second kappa shape index (κ2) is 49.3. The Morgan fingerprint density at radius 2 is 0.956 bits per heavy atom. The molecule has 0 spiro atoms. The van der Waals surface area contributed by atoms with Crippen LogP contribution in [0.15, 0.2) is 0 Å². The summed E-state index contributed by atoms with van der Waals surface area (Å²) in [6.07, 6.45) is 17.3. The Balaban J connectivity index is 1.48. The van der Waals surface area contributed by atoms with Crippen molar-refractivity contribution in [2.45, 2.75) is 387 Å². The van der Waals surface area contributed by atoms with Gasteiger partial charge >= 0.3 is 5.97 Å². The van der Waals surface area contributed by atoms with Crippen LogP contribution in [-0.2, 0) is 42.8 Å². The number of carboxylic acids is 1. The number of aliphatic carboxylic acids is 1. The Bertz CT molecular complexity index is 1850. The van der Waals surface area contributed by atoms with Gasteiger partial charge in [-0.25, -0.2) is 4.79 Å². The smallest absolute Gasteiger partial charge is 0.364 e. The van der Waals surface area contributed by atoms with Crippen LogP contribution < -0.4 is 10.6 Å². The SMILES string of the molecule is CCCCCCCCCCCCCCCCCCCCCCCCCCCCCCC(=O)NC(COC1OC(CO)C(OC2OC(CO)C(O)C(OC3(C(=O)O)CC(O)C(NC(C)=O)C(C(O)C(O)CO)O3)C2O)C(O)C1O)C(O)CCCCCCCCCCC. The number of nitrogens with one attached hydrogen (secondary N) is 2. The fourth-order valence-electron chi connectivity index (χ4n) is 12.8. The zero-order valence-electron chi connectivity index (χ0n) is 56.0. The number of amides is 2. The van der Waals surface area contributed by atoms with Gasteiger partial charge in [-0.2, -0.15) is 0 Å². The molecule has 0 aromatic carbocycles. The lowest BCUT2D eigenvalue weighted by molar-refractivity contribution is -0.386. The minimum atomic E-state index is -3.08. The second-order valence-electron chi connectivity index (χ2n) is 26.5. The van der Waals surface area contributed by atoms with Crippen molar-refractivity contribution in [3.8, 4) is 0 Å². The molecule has 0 radical (unpaired) electrons. The Morgan fingerprint density at radius 1 is 0.527 bits per heavy atom. The number of aliphatic hydroxyl groups is 11. The molecule has 3 rings (SSSR count). The maximum atomic E-state index is 13.4. The number of unbranched alkanes of at least 4 members (excludes halogenated alkanes) is 35. The van der Waals surface area contributed by atoms with Crippen LogP contribution >= 0.6 is 0 Å². The first-order valence-electron chi connectivity index (χ1n) is 35.9. The van der Waals surface area contributed by atoms with Crippen LogP contribution in [0.25, 0.3) is 0 Å². The number of carboxylic acid groups (broad SMARTS) is 1. The van der Waals surface area contributed by atoms with Crippen molar-refractivity contribution in [1.29, 1.82) is 0 Å². The maximum absolute atomic E-state index is 13.4. The molecular formula is C68H128N2O21. The zero-order chi connectivity index (χ0) is 66.8. The molecule has 14 N–H and O–H groups in total. The molecule has 91 heavy (non-hydrogen) atoms. The summed E-state index contributed by atoms with van der Waals surface area (Å²) in [5.41, 5.74) is 0. The summed E-state index contributed by atoms with van der Waals surface area (Å²) in [5, 5.41) is 136. The summed E-state index contributed by atoms with van der Waals surface area (Å²) in [4.78, 5) is 38.5. The molecule has 3 fully saturated rings. The summed E-state index contributed by atoms with van der Waals surface area (Å²) < 4.78 is 34.8. The maximum Gasteiger partial charge on any atom is 0.364 e. The number of hydrogen-bond donors (Lipinski definition) is 14. The number of hydrogen-bond acceptors (Lipinski definition) is 20. The molecule has 18 atom stereocenters. The van der Waals surface area contributed by atoms with Crippen molar-refractivity contribution < 1.29 is 104 Å². The van der Waals surface area contributed by atoms with E-state index in [1.165, 1.54) is 180 Å². The number of carbonyl (C=O) groups is 3. The van der Waals surface area contributed by atoms with Crippen LogP contribution in [0, 0.1) is 0 Å². The molecule has 3 saturated heterocycles. The van der Waals surface area contributed by atoms with Crippen molar-refractivity contribution >= 4 is 17.8 Å². The number of rotatable bonds is 55. The highest BCUT2D eigenvalue weighted by Gasteiger charge is 2.60. The molecule has 0 aromatic rings. The van der Waals surface area contributed by atoms with Gasteiger partial charge in [0.15, 0.2) is 12.6 Å². The van der Waals surface area contributed by atoms with Gasteiger partial charge in [0.25, 0.3) is 5.79 Å². The predicted octanol–water partition coefficient (Wildman–Crippen LogP) is 6.90. The summed E-state index contributed by atoms with van der Waals surface area (Å²) in [6.45, 7) is 2.19. The van der Waals surface area contributed by atoms with Gasteiger partial charge in [-0.05, 0) is 12.8 Å². The van der Waals surface area contributed by atoms with Crippen LogP contribution in [0.5, 0.6) is 0 Å². The normalized spacial score (nSPS) is 28.4. The van der Waals surface area contributed by atoms with E-state index in [1.54, 1.807) is 0 Å². The van der Waals surface area contributed by atoms with Gasteiger partial charge in [0.1, 0.15) is 67.1 Å². The van der Waals surface area contributed by atoms with Crippen molar-refractivity contribution in [1.82, 2.24) is 10.6 Å². The van der Waals surface area contributed by atoms with Crippen molar-refractivity contribution in [2.24, 2.45) is 0 Å². The van der Waals surface area contributed by atoms with Crippen molar-refractivity contribution in [3.63, 3.8) is 0 Å². The first-order chi connectivity index (χ1) is 43.9. The highest BCUT2D eigenvalue weighted by atomic mass is 16.8. The second-order valence-corrected chi connectivity index (χ2v) is 26.5. The quantitative estimate of drug-likeness (QED) is 0.0275. The van der Waals surface area contributed by atoms with Gasteiger partial charge in [-0.1, -0.05) is 245 Å². The first-order valence-corrected chi connectivity index (χ1v) is 35.9. The van der Waals surface area contributed by atoms with E-state index in [1.807, 2.05) is 0 Å². The van der Waals surface area contributed by atoms with Crippen LogP contribution in [0.1, 0.15) is 278 Å². The van der Waals surface area contributed by atoms with Gasteiger partial charge < -0.3 is 100 Å². The fraction of sp³-hybridized carbons (Fsp3) is 0.956. The van der Waals surface area contributed by atoms with Gasteiger partial charge in [-0.3, -0.25) is 9.59 Å². The van der Waals surface area contributed by atoms with E-state index in [4.69, 9.17) is 28.4 Å². The van der Waals surface area contributed by atoms with E-state index < -0.39 is 148 Å². The fourth-order valence-corrected chi connectivity index (χ4v) is 12.8. The molecule has 2 amide bonds. The molecule has 3 aliphatic heterocycles. The Morgan fingerprint density at radius 3 is 1.37 bits per heavy atom. The highest BCUT2D eigenvalue weighted by Crippen LogP contribution is 2.39. The standard InChI is InChI=1S/C68H128N2O21/c1-4-6-8-10-12-14-15-16-17-18-19-20-21-22-23-24-25-26-27-28-29-30-31-32-34-36-38-40-42-55(78)70-49(50(75)41-39-37-35-33-13-11-9-7-5-2)47-86-65-60(82)59(81)62(54(46-73)88-65)89-66-61(83)64(58(80)53(45-72)87-66)91-68(67(84)85)43-51(76)56(69-48(3)74)63(90-68)57(79)52(77)44-71/h49-54,56-66,71-73,75-77,79-83H,4-47H2,1-3H3,(H,69,74)(H,70,78)(H,84,85). The molecule has 3 heterocycles. The van der Waals surface area contributed by atoms with Gasteiger partial charge in [0.05, 0.1) is 50.7 Å². The highest BCUT2D eigenvalue weighted by molar-refractivity contribution is 5.77. The first kappa shape index (κ1) is 83.0. The lowest BCUT2D eigenvalue weighted by Gasteiger charge is -2.50. The van der Waals surface area contributed by atoms with Crippen molar-refractivity contribution in [3.05, 3.63) is 0 Å². The molecule has 3 aliphatic rings. The summed E-state index contributed by atoms with van der Waals surface area (Å²) in [6, 6.07) is -2.52. The summed E-state index contributed by atoms with van der Waals surface area (Å²) in [5.74, 6) is -6.09. The molecule has 23 heteroatoms. The minimum absolute atomic E-state index is 0.229. The topological polar surface area (TPSA) is 373 Å². The van der Waals surface area contributed by atoms with Gasteiger partial charge in [-0.15, -0.1) is 0 Å². The molecule has 536 valence electrons. The van der Waals surface area contributed by atoms with E-state index in [0.717, 1.165) is 51.9 Å². The third kappa shape index (κ3) is 31.7. The predicted molar refractivity (Wildman–Crippen MR) is 343 cm³/mol. The minimum Gasteiger partial charge on any atom is -0.477 e. The Hall–Kier alpha value is -2.27. The van der Waals surface area contributed by atoms with E-state index in [0.29, 0.717) is 19.3 Å². The summed E-state index contributed by atoms with van der Waals surface area (Å²) in [7, 11) is 0. The lowest BCUT2D eigenvalue weighted by Crippen LogP contribution is -2.70. The molecule has 18 unspecified atom stereocenters. The van der Waals surface area contributed by atoms with E-state index in [9.17, 15) is 75.7 Å².